The summed E-state index contributed by atoms with van der Waals surface area (Å²) in [5, 5.41) is 1.49. The van der Waals surface area contributed by atoms with Crippen LogP contribution < -0.4 is 10.5 Å². The van der Waals surface area contributed by atoms with E-state index in [1.807, 2.05) is 66.7 Å². The predicted octanol–water partition coefficient (Wildman–Crippen LogP) is 5.84. The highest BCUT2D eigenvalue weighted by Gasteiger charge is 2.15. The van der Waals surface area contributed by atoms with Gasteiger partial charge in [-0.15, -0.1) is 0 Å². The van der Waals surface area contributed by atoms with Crippen molar-refractivity contribution in [2.75, 3.05) is 12.9 Å². The Labute approximate surface area is 196 Å². The number of methoxy groups -OCH3 is 1. The van der Waals surface area contributed by atoms with Gasteiger partial charge < -0.3 is 15.5 Å². The fourth-order valence-electron chi connectivity index (χ4n) is 3.44. The van der Waals surface area contributed by atoms with Crippen molar-refractivity contribution < 1.29 is 9.53 Å². The highest BCUT2D eigenvalue weighted by atomic mass is 35.5. The van der Waals surface area contributed by atoms with Crippen molar-refractivity contribution in [2.24, 2.45) is 5.73 Å². The van der Waals surface area contributed by atoms with Crippen LogP contribution in [0.4, 0.5) is 0 Å². The number of rotatable bonds is 8. The van der Waals surface area contributed by atoms with Crippen LogP contribution in [0, 0.1) is 0 Å². The molecule has 1 heterocycles. The number of amides is 1. The number of ether oxygens (including phenoxy) is 1. The van der Waals surface area contributed by atoms with Gasteiger partial charge in [0.25, 0.3) is 0 Å². The first-order chi connectivity index (χ1) is 15.5. The lowest BCUT2D eigenvalue weighted by Gasteiger charge is -2.05. The molecule has 162 valence electrons. The van der Waals surface area contributed by atoms with E-state index in [9.17, 15) is 4.79 Å². The van der Waals surface area contributed by atoms with E-state index in [-0.39, 0.29) is 0 Å². The number of aromatic nitrogens is 2. The molecule has 1 aromatic heterocycles. The van der Waals surface area contributed by atoms with E-state index in [0.29, 0.717) is 17.0 Å². The van der Waals surface area contributed by atoms with Crippen LogP contribution in [0.1, 0.15) is 15.9 Å². The lowest BCUT2D eigenvalue weighted by Crippen LogP contribution is -2.13. The lowest BCUT2D eigenvalue weighted by molar-refractivity contribution is 0.0999. The van der Waals surface area contributed by atoms with Crippen LogP contribution in [-0.2, 0) is 6.42 Å². The van der Waals surface area contributed by atoms with E-state index in [4.69, 9.17) is 27.1 Å². The number of halogens is 1. The first kappa shape index (κ1) is 22.0. The van der Waals surface area contributed by atoms with Gasteiger partial charge >= 0.3 is 0 Å². The molecule has 0 fully saturated rings. The average Bonchev–Trinajstić information content (AvgIpc) is 3.24. The zero-order chi connectivity index (χ0) is 22.5. The van der Waals surface area contributed by atoms with Gasteiger partial charge in [-0.1, -0.05) is 53.7 Å². The van der Waals surface area contributed by atoms with Crippen LogP contribution in [-0.4, -0.2) is 28.7 Å². The molecule has 0 saturated heterocycles. The molecule has 0 aliphatic rings. The minimum absolute atomic E-state index is 0.407. The van der Waals surface area contributed by atoms with Crippen molar-refractivity contribution in [3.8, 4) is 28.3 Å². The Morgan fingerprint density at radius 3 is 2.41 bits per heavy atom. The number of hydrogen-bond donors (Lipinski definition) is 2. The average molecular weight is 464 g/mol. The second kappa shape index (κ2) is 9.94. The topological polar surface area (TPSA) is 81.0 Å². The molecule has 0 atom stereocenters. The van der Waals surface area contributed by atoms with Gasteiger partial charge in [0.2, 0.25) is 5.91 Å². The smallest absolute Gasteiger partial charge is 0.248 e. The number of aryl methyl sites for hydroxylation is 1. The van der Waals surface area contributed by atoms with Gasteiger partial charge in [0.15, 0.2) is 5.16 Å². The molecule has 0 aliphatic heterocycles. The van der Waals surface area contributed by atoms with E-state index in [0.717, 1.165) is 44.7 Å². The van der Waals surface area contributed by atoms with Crippen molar-refractivity contribution >= 4 is 29.3 Å². The maximum absolute atomic E-state index is 11.7. The number of H-pyrrole nitrogens is 1. The molecule has 0 unspecified atom stereocenters. The Hall–Kier alpha value is -3.22. The number of nitrogens with two attached hydrogens (primary N) is 1. The summed E-state index contributed by atoms with van der Waals surface area (Å²) >= 11 is 7.68. The van der Waals surface area contributed by atoms with Crippen LogP contribution in [0.3, 0.4) is 0 Å². The van der Waals surface area contributed by atoms with Gasteiger partial charge in [-0.3, -0.25) is 4.79 Å². The molecule has 3 N–H and O–H groups in total. The highest BCUT2D eigenvalue weighted by molar-refractivity contribution is 7.99. The third-order valence-electron chi connectivity index (χ3n) is 5.07. The third kappa shape index (κ3) is 4.98. The summed E-state index contributed by atoms with van der Waals surface area (Å²) in [4.78, 5) is 20.0. The van der Waals surface area contributed by atoms with Crippen molar-refractivity contribution in [2.45, 2.75) is 11.6 Å². The summed E-state index contributed by atoms with van der Waals surface area (Å²) < 4.78 is 5.28. The molecule has 4 rings (SSSR count). The number of thioether (sulfide) groups is 1. The number of nitrogens with zero attached hydrogens (tertiary/aromatic N) is 1. The summed E-state index contributed by atoms with van der Waals surface area (Å²) in [6.45, 7) is 0. The van der Waals surface area contributed by atoms with Gasteiger partial charge in [-0.2, -0.15) is 0 Å². The molecule has 3 aromatic carbocycles. The molecule has 1 amide bonds. The van der Waals surface area contributed by atoms with E-state index >= 15 is 0 Å². The fourth-order valence-corrected chi connectivity index (χ4v) is 4.41. The number of aromatic amines is 1. The Bertz CT molecular complexity index is 1220. The molecule has 7 heteroatoms. The Balaban J connectivity index is 1.60. The summed E-state index contributed by atoms with van der Waals surface area (Å²) in [6, 6.07) is 22.9. The summed E-state index contributed by atoms with van der Waals surface area (Å²) in [5.74, 6) is 1.13. The minimum Gasteiger partial charge on any atom is -0.497 e. The number of carbonyl (C=O) groups is 1. The molecular weight excluding hydrogens is 442 g/mol. The van der Waals surface area contributed by atoms with Crippen LogP contribution in [0.5, 0.6) is 5.75 Å². The van der Waals surface area contributed by atoms with Crippen LogP contribution in [0.25, 0.3) is 22.5 Å². The molecule has 0 radical (unpaired) electrons. The minimum atomic E-state index is -0.407. The molecule has 32 heavy (non-hydrogen) atoms. The van der Waals surface area contributed by atoms with Crippen molar-refractivity contribution in [1.82, 2.24) is 9.97 Å². The SMILES string of the molecule is COc1ccc(-c2nc(SCCc3ccccc3C(N)=O)[nH]c2-c2ccc(Cl)cc2)cc1. The standard InChI is InChI=1S/C25H22ClN3O2S/c1-31-20-12-8-18(9-13-20)23-22(17-6-10-19(26)11-7-17)28-25(29-23)32-15-14-16-4-2-3-5-21(16)24(27)30/h2-13H,14-15H2,1H3,(H2,27,30)(H,28,29). The lowest BCUT2D eigenvalue weighted by atomic mass is 10.1. The van der Waals surface area contributed by atoms with E-state index in [2.05, 4.69) is 4.98 Å². The maximum Gasteiger partial charge on any atom is 0.248 e. The molecule has 0 bridgehead atoms. The molecule has 0 spiro atoms. The Kier molecular flexibility index (Phi) is 6.83. The van der Waals surface area contributed by atoms with E-state index in [1.54, 1.807) is 24.9 Å². The zero-order valence-corrected chi connectivity index (χ0v) is 19.0. The molecule has 4 aromatic rings. The number of nitrogens with one attached hydrogen (secondary N) is 1. The quantitative estimate of drug-likeness (QED) is 0.322. The van der Waals surface area contributed by atoms with Gasteiger partial charge in [-0.25, -0.2) is 4.98 Å². The number of carbonyl (C=O) groups excluding carboxylic acids is 1. The Morgan fingerprint density at radius 2 is 1.72 bits per heavy atom. The van der Waals surface area contributed by atoms with Crippen LogP contribution in [0.2, 0.25) is 5.02 Å². The third-order valence-corrected chi connectivity index (χ3v) is 6.20. The van der Waals surface area contributed by atoms with Gasteiger partial charge in [0, 0.05) is 27.5 Å². The summed E-state index contributed by atoms with van der Waals surface area (Å²) in [5.41, 5.74) is 10.8. The van der Waals surface area contributed by atoms with Crippen LogP contribution in [0.15, 0.2) is 78.0 Å². The monoisotopic (exact) mass is 463 g/mol. The summed E-state index contributed by atoms with van der Waals surface area (Å²) in [6.07, 6.45) is 0.707. The number of imidazole rings is 1. The van der Waals surface area contributed by atoms with Crippen LogP contribution >= 0.6 is 23.4 Å². The van der Waals surface area contributed by atoms with E-state index in [1.165, 1.54) is 0 Å². The van der Waals surface area contributed by atoms with Gasteiger partial charge in [0.1, 0.15) is 5.75 Å². The van der Waals surface area contributed by atoms with Gasteiger partial charge in [-0.05, 0) is 54.4 Å². The number of primary amides is 1. The summed E-state index contributed by atoms with van der Waals surface area (Å²) in [7, 11) is 1.65. The molecule has 0 aliphatic carbocycles. The van der Waals surface area contributed by atoms with E-state index < -0.39 is 5.91 Å². The first-order valence-electron chi connectivity index (χ1n) is 10.1. The molecule has 5 nitrogen and oxygen atoms in total. The van der Waals surface area contributed by atoms with Crippen molar-refractivity contribution in [1.29, 1.82) is 0 Å². The zero-order valence-electron chi connectivity index (χ0n) is 17.5. The first-order valence-corrected chi connectivity index (χ1v) is 11.4. The normalized spacial score (nSPS) is 10.8. The maximum atomic E-state index is 11.7. The molecular formula is C25H22ClN3O2S. The Morgan fingerprint density at radius 1 is 1.03 bits per heavy atom. The predicted molar refractivity (Wildman–Crippen MR) is 130 cm³/mol. The van der Waals surface area contributed by atoms with Crippen molar-refractivity contribution in [3.05, 3.63) is 88.9 Å². The second-order valence-electron chi connectivity index (χ2n) is 7.12. The molecule has 0 saturated carbocycles. The number of hydrogen-bond acceptors (Lipinski definition) is 4. The van der Waals surface area contributed by atoms with Crippen molar-refractivity contribution in [3.63, 3.8) is 0 Å². The number of benzene rings is 3. The highest BCUT2D eigenvalue weighted by Crippen LogP contribution is 2.34. The second-order valence-corrected chi connectivity index (χ2v) is 8.64. The largest absolute Gasteiger partial charge is 0.497 e. The van der Waals surface area contributed by atoms with Gasteiger partial charge in [0.05, 0.1) is 18.5 Å². The fraction of sp³-hybridized carbons (Fsp3) is 0.120.